The molecule has 152 valence electrons. The van der Waals surface area contributed by atoms with E-state index in [1.54, 1.807) is 12.4 Å². The first-order valence-corrected chi connectivity index (χ1v) is 10.7. The van der Waals surface area contributed by atoms with Crippen LogP contribution < -0.4 is 5.73 Å². The van der Waals surface area contributed by atoms with Crippen LogP contribution in [0.3, 0.4) is 0 Å². The van der Waals surface area contributed by atoms with E-state index in [1.807, 2.05) is 35.1 Å². The van der Waals surface area contributed by atoms with Crippen LogP contribution in [0, 0.1) is 0 Å². The van der Waals surface area contributed by atoms with Gasteiger partial charge in [0.15, 0.2) is 11.5 Å². The molecule has 5 aromatic rings. The number of aromatic nitrogens is 7. The third-order valence-corrected chi connectivity index (χ3v) is 6.18. The van der Waals surface area contributed by atoms with Gasteiger partial charge in [-0.05, 0) is 76.3 Å². The van der Waals surface area contributed by atoms with Gasteiger partial charge in [-0.3, -0.25) is 4.57 Å². The number of hydrogen-bond acceptors (Lipinski definition) is 6. The lowest BCUT2D eigenvalue weighted by atomic mass is 10.1. The fourth-order valence-electron chi connectivity index (χ4n) is 4.34. The van der Waals surface area contributed by atoms with Gasteiger partial charge in [-0.15, -0.1) is 5.10 Å². The Labute approximate surface area is 185 Å². The molecule has 4 aromatic heterocycles. The van der Waals surface area contributed by atoms with Gasteiger partial charge in [0.2, 0.25) is 0 Å². The fourth-order valence-corrected chi connectivity index (χ4v) is 4.65. The Morgan fingerprint density at radius 2 is 2.00 bits per heavy atom. The van der Waals surface area contributed by atoms with E-state index in [2.05, 4.69) is 54.0 Å². The highest BCUT2D eigenvalue weighted by Gasteiger charge is 2.26. The monoisotopic (exact) mass is 472 g/mol. The van der Waals surface area contributed by atoms with Crippen LogP contribution in [0.2, 0.25) is 0 Å². The van der Waals surface area contributed by atoms with Gasteiger partial charge in [0, 0.05) is 18.1 Å². The number of anilines is 1. The number of hydrogen-bond donors (Lipinski definition) is 1. The quantitative estimate of drug-likeness (QED) is 0.399. The highest BCUT2D eigenvalue weighted by Crippen LogP contribution is 2.37. The SMILES string of the molecule is Nc1ncccc1-c1nc2ccc(Br)nc2n1-c1ccc2c(c1)CC[C@@H]2n1ccnn1. The van der Waals surface area contributed by atoms with Crippen molar-refractivity contribution in [3.05, 3.63) is 76.8 Å². The number of rotatable bonds is 3. The number of fused-ring (bicyclic) bond motifs is 2. The minimum absolute atomic E-state index is 0.215. The molecule has 0 radical (unpaired) electrons. The Kier molecular flexibility index (Phi) is 4.10. The maximum atomic E-state index is 6.20. The first-order chi connectivity index (χ1) is 15.2. The minimum Gasteiger partial charge on any atom is -0.383 e. The van der Waals surface area contributed by atoms with Gasteiger partial charge in [0.1, 0.15) is 15.9 Å². The Morgan fingerprint density at radius 3 is 2.84 bits per heavy atom. The van der Waals surface area contributed by atoms with E-state index in [-0.39, 0.29) is 6.04 Å². The molecule has 8 nitrogen and oxygen atoms in total. The van der Waals surface area contributed by atoms with Gasteiger partial charge in [0.25, 0.3) is 0 Å². The highest BCUT2D eigenvalue weighted by molar-refractivity contribution is 9.10. The largest absolute Gasteiger partial charge is 0.383 e. The molecular formula is C22H17BrN8. The van der Waals surface area contributed by atoms with E-state index in [1.165, 1.54) is 11.1 Å². The van der Waals surface area contributed by atoms with Crippen LogP contribution in [0.1, 0.15) is 23.6 Å². The third kappa shape index (κ3) is 2.92. The van der Waals surface area contributed by atoms with Gasteiger partial charge in [0.05, 0.1) is 17.8 Å². The van der Waals surface area contributed by atoms with E-state index < -0.39 is 0 Å². The Balaban J connectivity index is 1.56. The zero-order chi connectivity index (χ0) is 20.9. The van der Waals surface area contributed by atoms with Crippen LogP contribution in [-0.4, -0.2) is 34.5 Å². The second-order valence-electron chi connectivity index (χ2n) is 7.50. The molecule has 0 saturated carbocycles. The lowest BCUT2D eigenvalue weighted by Gasteiger charge is -2.14. The Bertz CT molecular complexity index is 1420. The van der Waals surface area contributed by atoms with Gasteiger partial charge >= 0.3 is 0 Å². The predicted octanol–water partition coefficient (Wildman–Crippen LogP) is 3.95. The second kappa shape index (κ2) is 6.98. The number of benzene rings is 1. The van der Waals surface area contributed by atoms with E-state index >= 15 is 0 Å². The Hall–Kier alpha value is -3.59. The molecule has 1 aliphatic rings. The topological polar surface area (TPSA) is 100 Å². The van der Waals surface area contributed by atoms with Gasteiger partial charge < -0.3 is 5.73 Å². The van der Waals surface area contributed by atoms with Crippen LogP contribution in [0.5, 0.6) is 0 Å². The summed E-state index contributed by atoms with van der Waals surface area (Å²) in [6.45, 7) is 0. The second-order valence-corrected chi connectivity index (χ2v) is 8.32. The average Bonchev–Trinajstić information content (AvgIpc) is 3.51. The average molecular weight is 473 g/mol. The van der Waals surface area contributed by atoms with E-state index in [9.17, 15) is 0 Å². The minimum atomic E-state index is 0.215. The van der Waals surface area contributed by atoms with Crippen molar-refractivity contribution in [1.29, 1.82) is 0 Å². The predicted molar refractivity (Wildman–Crippen MR) is 121 cm³/mol. The molecular weight excluding hydrogens is 456 g/mol. The zero-order valence-electron chi connectivity index (χ0n) is 16.4. The summed E-state index contributed by atoms with van der Waals surface area (Å²) in [4.78, 5) is 13.8. The number of nitrogen functional groups attached to an aromatic ring is 1. The molecule has 1 atom stereocenters. The van der Waals surface area contributed by atoms with Crippen molar-refractivity contribution < 1.29 is 0 Å². The van der Waals surface area contributed by atoms with E-state index in [4.69, 9.17) is 15.7 Å². The number of nitrogens with two attached hydrogens (primary N) is 1. The normalized spacial score (nSPS) is 15.5. The standard InChI is InChI=1S/C22H17BrN8/c23-19-8-6-17-22(28-19)31(21(27-17)16-2-1-9-25-20(16)24)14-4-5-15-13(12-14)3-7-18(15)30-11-10-26-29-30/h1-2,4-6,8-12,18H,3,7H2,(H2,24,25)/t18-/m0/s1. The first kappa shape index (κ1) is 18.2. The lowest BCUT2D eigenvalue weighted by Crippen LogP contribution is -2.08. The van der Waals surface area contributed by atoms with Gasteiger partial charge in [-0.25, -0.2) is 19.6 Å². The van der Waals surface area contributed by atoms with Crippen molar-refractivity contribution in [3.8, 4) is 17.1 Å². The van der Waals surface area contributed by atoms with Crippen molar-refractivity contribution in [3.63, 3.8) is 0 Å². The summed E-state index contributed by atoms with van der Waals surface area (Å²) in [6, 6.07) is 14.3. The van der Waals surface area contributed by atoms with Crippen molar-refractivity contribution >= 4 is 32.9 Å². The van der Waals surface area contributed by atoms with E-state index in [0.717, 1.165) is 45.7 Å². The number of aryl methyl sites for hydroxylation is 1. The summed E-state index contributed by atoms with van der Waals surface area (Å²) >= 11 is 3.49. The summed E-state index contributed by atoms with van der Waals surface area (Å²) in [5.74, 6) is 1.16. The Morgan fingerprint density at radius 1 is 1.06 bits per heavy atom. The number of halogens is 1. The number of nitrogens with zero attached hydrogens (tertiary/aromatic N) is 7. The highest BCUT2D eigenvalue weighted by atomic mass is 79.9. The third-order valence-electron chi connectivity index (χ3n) is 5.74. The molecule has 0 bridgehead atoms. The lowest BCUT2D eigenvalue weighted by molar-refractivity contribution is 0.504. The van der Waals surface area contributed by atoms with Crippen LogP contribution in [0.25, 0.3) is 28.2 Å². The maximum absolute atomic E-state index is 6.20. The van der Waals surface area contributed by atoms with Gasteiger partial charge in [-0.2, -0.15) is 0 Å². The van der Waals surface area contributed by atoms with Crippen LogP contribution in [0.4, 0.5) is 5.82 Å². The van der Waals surface area contributed by atoms with Crippen molar-refractivity contribution in [1.82, 2.24) is 34.5 Å². The molecule has 0 fully saturated rings. The smallest absolute Gasteiger partial charge is 0.166 e. The first-order valence-electron chi connectivity index (χ1n) is 9.94. The molecule has 9 heteroatoms. The molecule has 31 heavy (non-hydrogen) atoms. The summed E-state index contributed by atoms with van der Waals surface area (Å²) in [5.41, 5.74) is 12.1. The van der Waals surface area contributed by atoms with Crippen molar-refractivity contribution in [2.75, 3.05) is 5.73 Å². The fraction of sp³-hybridized carbons (Fsp3) is 0.136. The summed E-state index contributed by atoms with van der Waals surface area (Å²) < 4.78 is 4.73. The van der Waals surface area contributed by atoms with Gasteiger partial charge in [-0.1, -0.05) is 11.3 Å². The zero-order valence-corrected chi connectivity index (χ0v) is 17.9. The molecule has 0 amide bonds. The molecule has 6 rings (SSSR count). The molecule has 0 saturated heterocycles. The molecule has 1 aromatic carbocycles. The van der Waals surface area contributed by atoms with Crippen LogP contribution in [0.15, 0.2) is 65.7 Å². The molecule has 0 unspecified atom stereocenters. The molecule has 1 aliphatic carbocycles. The molecule has 0 aliphatic heterocycles. The molecule has 0 spiro atoms. The van der Waals surface area contributed by atoms with E-state index in [0.29, 0.717) is 5.82 Å². The maximum Gasteiger partial charge on any atom is 0.166 e. The number of pyridine rings is 2. The molecule has 2 N–H and O–H groups in total. The summed E-state index contributed by atoms with van der Waals surface area (Å²) in [6.07, 6.45) is 7.29. The number of imidazole rings is 1. The van der Waals surface area contributed by atoms with Crippen molar-refractivity contribution in [2.45, 2.75) is 18.9 Å². The van der Waals surface area contributed by atoms with Crippen LogP contribution >= 0.6 is 15.9 Å². The summed E-state index contributed by atoms with van der Waals surface area (Å²) in [7, 11) is 0. The van der Waals surface area contributed by atoms with Crippen molar-refractivity contribution in [2.24, 2.45) is 0 Å². The summed E-state index contributed by atoms with van der Waals surface area (Å²) in [5, 5.41) is 8.16. The van der Waals surface area contributed by atoms with Crippen LogP contribution in [-0.2, 0) is 6.42 Å². The molecule has 4 heterocycles.